The van der Waals surface area contributed by atoms with E-state index in [-0.39, 0.29) is 5.60 Å². The second kappa shape index (κ2) is 4.64. The van der Waals surface area contributed by atoms with Crippen molar-refractivity contribution >= 4 is 0 Å². The second-order valence-electron chi connectivity index (χ2n) is 5.38. The molecule has 0 aromatic heterocycles. The Morgan fingerprint density at radius 1 is 1.39 bits per heavy atom. The minimum atomic E-state index is -0.263. The molecule has 0 radical (unpaired) electrons. The molecule has 2 rings (SSSR count). The highest BCUT2D eigenvalue weighted by molar-refractivity contribution is 5.39. The molecule has 0 spiro atoms. The number of rotatable bonds is 4. The summed E-state index contributed by atoms with van der Waals surface area (Å²) in [6.45, 7) is 14.2. The standard InChI is InChI=1S/C17H22O/c1-6-15-11-14-9-7-8-10-16(14)17(15,5)18-13(4)12(2)3/h7-10,15H,2,4,6,11H2,1,3,5H3. The van der Waals surface area contributed by atoms with Gasteiger partial charge in [-0.1, -0.05) is 44.3 Å². The lowest BCUT2D eigenvalue weighted by molar-refractivity contribution is -0.0239. The van der Waals surface area contributed by atoms with Crippen LogP contribution in [0.4, 0.5) is 0 Å². The molecule has 0 saturated heterocycles. The third-order valence-electron chi connectivity index (χ3n) is 4.10. The molecule has 2 atom stereocenters. The van der Waals surface area contributed by atoms with Crippen LogP contribution in [0, 0.1) is 5.92 Å². The molecule has 0 fully saturated rings. The maximum absolute atomic E-state index is 6.20. The van der Waals surface area contributed by atoms with Gasteiger partial charge in [-0.15, -0.1) is 0 Å². The van der Waals surface area contributed by atoms with Crippen LogP contribution in [0.5, 0.6) is 0 Å². The predicted molar refractivity (Wildman–Crippen MR) is 76.3 cm³/mol. The minimum absolute atomic E-state index is 0.263. The Bertz CT molecular complexity index is 486. The van der Waals surface area contributed by atoms with E-state index in [4.69, 9.17) is 4.74 Å². The molecule has 1 nitrogen and oxygen atoms in total. The first kappa shape index (κ1) is 12.9. The smallest absolute Gasteiger partial charge is 0.135 e. The van der Waals surface area contributed by atoms with Crippen molar-refractivity contribution < 1.29 is 4.74 Å². The van der Waals surface area contributed by atoms with E-state index in [0.29, 0.717) is 11.7 Å². The van der Waals surface area contributed by atoms with Gasteiger partial charge in [-0.2, -0.15) is 0 Å². The van der Waals surface area contributed by atoms with Gasteiger partial charge >= 0.3 is 0 Å². The number of fused-ring (bicyclic) bond motifs is 1. The zero-order chi connectivity index (χ0) is 13.3. The van der Waals surface area contributed by atoms with Gasteiger partial charge in [0.15, 0.2) is 0 Å². The van der Waals surface area contributed by atoms with Crippen molar-refractivity contribution in [2.75, 3.05) is 0 Å². The molecule has 1 heteroatoms. The molecule has 18 heavy (non-hydrogen) atoms. The van der Waals surface area contributed by atoms with Gasteiger partial charge in [0.25, 0.3) is 0 Å². The van der Waals surface area contributed by atoms with Crippen molar-refractivity contribution in [2.45, 2.75) is 39.2 Å². The highest BCUT2D eigenvalue weighted by atomic mass is 16.5. The van der Waals surface area contributed by atoms with E-state index < -0.39 is 0 Å². The van der Waals surface area contributed by atoms with Crippen LogP contribution in [0.25, 0.3) is 0 Å². The molecule has 0 aliphatic heterocycles. The first-order valence-corrected chi connectivity index (χ1v) is 6.61. The number of ether oxygens (including phenoxy) is 1. The minimum Gasteiger partial charge on any atom is -0.483 e. The molecule has 1 aromatic rings. The molecule has 96 valence electrons. The van der Waals surface area contributed by atoms with Crippen LogP contribution >= 0.6 is 0 Å². The van der Waals surface area contributed by atoms with Gasteiger partial charge < -0.3 is 4.74 Å². The number of hydrogen-bond acceptors (Lipinski definition) is 1. The number of benzene rings is 1. The number of hydrogen-bond donors (Lipinski definition) is 0. The van der Waals surface area contributed by atoms with E-state index in [0.717, 1.165) is 18.4 Å². The van der Waals surface area contributed by atoms with E-state index in [9.17, 15) is 0 Å². The van der Waals surface area contributed by atoms with Gasteiger partial charge in [0.1, 0.15) is 11.4 Å². The SMILES string of the molecule is C=C(C)C(=C)OC1(C)c2ccccc2CC1CC. The summed E-state index contributed by atoms with van der Waals surface area (Å²) >= 11 is 0. The summed E-state index contributed by atoms with van der Waals surface area (Å²) < 4.78 is 6.20. The fraction of sp³-hybridized carbons (Fsp3) is 0.412. The van der Waals surface area contributed by atoms with Gasteiger partial charge in [0.05, 0.1) is 0 Å². The zero-order valence-electron chi connectivity index (χ0n) is 11.6. The van der Waals surface area contributed by atoms with E-state index in [1.165, 1.54) is 11.1 Å². The van der Waals surface area contributed by atoms with Crippen molar-refractivity contribution in [3.05, 3.63) is 59.9 Å². The van der Waals surface area contributed by atoms with Crippen LogP contribution in [-0.4, -0.2) is 0 Å². The van der Waals surface area contributed by atoms with Crippen molar-refractivity contribution in [1.82, 2.24) is 0 Å². The molecule has 0 saturated carbocycles. The fourth-order valence-electron chi connectivity index (χ4n) is 2.88. The summed E-state index contributed by atoms with van der Waals surface area (Å²) in [5, 5.41) is 0. The zero-order valence-corrected chi connectivity index (χ0v) is 11.6. The predicted octanol–water partition coefficient (Wildman–Crippen LogP) is 4.59. The average Bonchev–Trinajstić information content (AvgIpc) is 2.62. The normalized spacial score (nSPS) is 25.6. The molecule has 1 aliphatic rings. The highest BCUT2D eigenvalue weighted by Gasteiger charge is 2.44. The van der Waals surface area contributed by atoms with E-state index in [2.05, 4.69) is 51.3 Å². The van der Waals surface area contributed by atoms with Crippen LogP contribution in [0.2, 0.25) is 0 Å². The van der Waals surface area contributed by atoms with Crippen LogP contribution < -0.4 is 0 Å². The largest absolute Gasteiger partial charge is 0.483 e. The molecule has 0 N–H and O–H groups in total. The third kappa shape index (κ3) is 1.98. The molecule has 2 unspecified atom stereocenters. The summed E-state index contributed by atoms with van der Waals surface area (Å²) in [4.78, 5) is 0. The van der Waals surface area contributed by atoms with Gasteiger partial charge in [0, 0.05) is 5.92 Å². The lowest BCUT2D eigenvalue weighted by atomic mass is 9.87. The van der Waals surface area contributed by atoms with Crippen molar-refractivity contribution in [3.63, 3.8) is 0 Å². The Morgan fingerprint density at radius 2 is 2.06 bits per heavy atom. The van der Waals surface area contributed by atoms with Gasteiger partial charge in [-0.25, -0.2) is 0 Å². The average molecular weight is 242 g/mol. The fourth-order valence-corrected chi connectivity index (χ4v) is 2.88. The van der Waals surface area contributed by atoms with Crippen LogP contribution in [0.1, 0.15) is 38.3 Å². The van der Waals surface area contributed by atoms with E-state index in [1.807, 2.05) is 6.92 Å². The lowest BCUT2D eigenvalue weighted by Gasteiger charge is -2.34. The quantitative estimate of drug-likeness (QED) is 0.554. The molecule has 1 aliphatic carbocycles. The van der Waals surface area contributed by atoms with E-state index >= 15 is 0 Å². The summed E-state index contributed by atoms with van der Waals surface area (Å²) in [5.41, 5.74) is 3.34. The summed E-state index contributed by atoms with van der Waals surface area (Å²) in [5.74, 6) is 1.21. The van der Waals surface area contributed by atoms with Gasteiger partial charge in [-0.05, 0) is 43.4 Å². The Kier molecular flexibility index (Phi) is 3.34. The first-order chi connectivity index (χ1) is 8.49. The van der Waals surface area contributed by atoms with Gasteiger partial charge in [0.2, 0.25) is 0 Å². The maximum Gasteiger partial charge on any atom is 0.135 e. The molecular weight excluding hydrogens is 220 g/mol. The molecular formula is C17H22O. The first-order valence-electron chi connectivity index (χ1n) is 6.61. The van der Waals surface area contributed by atoms with Crippen molar-refractivity contribution in [3.8, 4) is 0 Å². The molecule has 0 heterocycles. The third-order valence-corrected chi connectivity index (χ3v) is 4.10. The van der Waals surface area contributed by atoms with Crippen LogP contribution in [0.15, 0.2) is 48.8 Å². The van der Waals surface area contributed by atoms with Crippen molar-refractivity contribution in [2.24, 2.45) is 5.92 Å². The van der Waals surface area contributed by atoms with Gasteiger partial charge in [-0.3, -0.25) is 0 Å². The Morgan fingerprint density at radius 3 is 2.67 bits per heavy atom. The molecule has 0 amide bonds. The summed E-state index contributed by atoms with van der Waals surface area (Å²) in [7, 11) is 0. The Hall–Kier alpha value is -1.50. The van der Waals surface area contributed by atoms with E-state index in [1.54, 1.807) is 0 Å². The highest BCUT2D eigenvalue weighted by Crippen LogP contribution is 2.46. The lowest BCUT2D eigenvalue weighted by Crippen LogP contribution is -2.31. The summed E-state index contributed by atoms with van der Waals surface area (Å²) in [6.07, 6.45) is 2.20. The van der Waals surface area contributed by atoms with Crippen molar-refractivity contribution in [1.29, 1.82) is 0 Å². The Balaban J connectivity index is 2.39. The molecule has 0 bridgehead atoms. The Labute approximate surface area is 110 Å². The second-order valence-corrected chi connectivity index (χ2v) is 5.38. The summed E-state index contributed by atoms with van der Waals surface area (Å²) in [6, 6.07) is 8.57. The topological polar surface area (TPSA) is 9.23 Å². The van der Waals surface area contributed by atoms with Crippen LogP contribution in [-0.2, 0) is 16.8 Å². The van der Waals surface area contributed by atoms with Crippen LogP contribution in [0.3, 0.4) is 0 Å². The maximum atomic E-state index is 6.20. The number of allylic oxidation sites excluding steroid dienone is 1. The molecule has 1 aromatic carbocycles. The monoisotopic (exact) mass is 242 g/mol.